The lowest BCUT2D eigenvalue weighted by Crippen LogP contribution is -2.38. The molecule has 0 radical (unpaired) electrons. The zero-order valence-electron chi connectivity index (χ0n) is 6.02. The molecule has 0 saturated heterocycles. The molecule has 0 bridgehead atoms. The molecule has 0 aliphatic carbocycles. The van der Waals surface area contributed by atoms with E-state index in [4.69, 9.17) is 16.7 Å². The summed E-state index contributed by atoms with van der Waals surface area (Å²) < 4.78 is 0. The number of guanidine groups is 2. The number of hydrogen-bond donors (Lipinski definition) is 3. The van der Waals surface area contributed by atoms with Gasteiger partial charge in [0, 0.05) is 0 Å². The van der Waals surface area contributed by atoms with Crippen molar-refractivity contribution in [2.24, 2.45) is 21.5 Å². The van der Waals surface area contributed by atoms with E-state index in [1.54, 1.807) is 13.0 Å². The molecule has 5 N–H and O–H groups in total. The van der Waals surface area contributed by atoms with Crippen molar-refractivity contribution >= 4 is 11.9 Å². The minimum Gasteiger partial charge on any atom is -0.368 e. The summed E-state index contributed by atoms with van der Waals surface area (Å²) in [5.41, 5.74) is 10.5. The summed E-state index contributed by atoms with van der Waals surface area (Å²) >= 11 is 0. The van der Waals surface area contributed by atoms with E-state index < -0.39 is 0 Å². The molecule has 11 heavy (non-hydrogen) atoms. The van der Waals surface area contributed by atoms with Crippen molar-refractivity contribution in [3.8, 4) is 0 Å². The van der Waals surface area contributed by atoms with Gasteiger partial charge in [0.25, 0.3) is 0 Å². The second-order valence-electron chi connectivity index (χ2n) is 1.90. The van der Waals surface area contributed by atoms with Crippen molar-refractivity contribution in [2.45, 2.75) is 6.92 Å². The van der Waals surface area contributed by atoms with Crippen molar-refractivity contribution in [2.75, 3.05) is 0 Å². The van der Waals surface area contributed by atoms with Crippen molar-refractivity contribution in [3.05, 3.63) is 11.9 Å². The third-order valence-electron chi connectivity index (χ3n) is 1.15. The quantitative estimate of drug-likeness (QED) is 0.425. The normalized spacial score (nSPS) is 21.6. The summed E-state index contributed by atoms with van der Waals surface area (Å²) in [6, 6.07) is 0. The highest BCUT2D eigenvalue weighted by Gasteiger charge is 2.14. The van der Waals surface area contributed by atoms with E-state index in [-0.39, 0.29) is 17.7 Å². The standard InChI is InChI=1S/C5H9N5O/c1-2-3-8-4(6)9-5(7)10(3)11/h2,11H,1H3,(H4,6,7,8,9)/b3-2+. The first-order valence-electron chi connectivity index (χ1n) is 2.99. The molecule has 0 fully saturated rings. The van der Waals surface area contributed by atoms with Gasteiger partial charge in [-0.2, -0.15) is 15.0 Å². The second kappa shape index (κ2) is 2.59. The molecule has 1 aliphatic rings. The van der Waals surface area contributed by atoms with Crippen molar-refractivity contribution in [1.29, 1.82) is 0 Å². The van der Waals surface area contributed by atoms with Gasteiger partial charge in [0.2, 0.25) is 11.9 Å². The van der Waals surface area contributed by atoms with Gasteiger partial charge >= 0.3 is 0 Å². The van der Waals surface area contributed by atoms with Gasteiger partial charge in [-0.1, -0.05) is 0 Å². The Bertz CT molecular complexity index is 254. The van der Waals surface area contributed by atoms with Crippen LogP contribution in [0.15, 0.2) is 21.9 Å². The van der Waals surface area contributed by atoms with Crippen LogP contribution in [0, 0.1) is 0 Å². The van der Waals surface area contributed by atoms with E-state index in [1.165, 1.54) is 0 Å². The lowest BCUT2D eigenvalue weighted by molar-refractivity contribution is 0.0183. The van der Waals surface area contributed by atoms with E-state index >= 15 is 0 Å². The zero-order valence-corrected chi connectivity index (χ0v) is 6.02. The van der Waals surface area contributed by atoms with Crippen LogP contribution in [0.4, 0.5) is 0 Å². The Morgan fingerprint density at radius 1 is 1.45 bits per heavy atom. The van der Waals surface area contributed by atoms with E-state index in [1.807, 2.05) is 0 Å². The number of aliphatic imine (C=N–C) groups is 2. The molecule has 0 aromatic heterocycles. The molecular weight excluding hydrogens is 146 g/mol. The number of nitrogens with two attached hydrogens (primary N) is 2. The third kappa shape index (κ3) is 1.30. The lowest BCUT2D eigenvalue weighted by atomic mass is 10.5. The van der Waals surface area contributed by atoms with Gasteiger partial charge in [0.05, 0.1) is 0 Å². The average molecular weight is 155 g/mol. The smallest absolute Gasteiger partial charge is 0.229 e. The van der Waals surface area contributed by atoms with E-state index in [0.29, 0.717) is 5.06 Å². The van der Waals surface area contributed by atoms with Crippen molar-refractivity contribution < 1.29 is 5.21 Å². The van der Waals surface area contributed by atoms with Crippen LogP contribution in [-0.2, 0) is 0 Å². The average Bonchev–Trinajstić information content (AvgIpc) is 1.96. The molecule has 0 unspecified atom stereocenters. The molecule has 0 atom stereocenters. The summed E-state index contributed by atoms with van der Waals surface area (Å²) in [6.45, 7) is 1.70. The molecule has 0 amide bonds. The van der Waals surface area contributed by atoms with Crippen LogP contribution in [0.3, 0.4) is 0 Å². The second-order valence-corrected chi connectivity index (χ2v) is 1.90. The fourth-order valence-corrected chi connectivity index (χ4v) is 0.659. The van der Waals surface area contributed by atoms with Crippen LogP contribution in [0.2, 0.25) is 0 Å². The van der Waals surface area contributed by atoms with E-state index in [9.17, 15) is 0 Å². The maximum atomic E-state index is 9.10. The Labute approximate surface area is 63.5 Å². The Balaban J connectivity index is 3.00. The number of nitrogens with zero attached hydrogens (tertiary/aromatic N) is 3. The Hall–Kier alpha value is -1.56. The first-order chi connectivity index (χ1) is 5.15. The molecule has 6 nitrogen and oxygen atoms in total. The molecule has 1 rings (SSSR count). The van der Waals surface area contributed by atoms with Crippen molar-refractivity contribution in [1.82, 2.24) is 5.06 Å². The molecule has 0 aromatic carbocycles. The topological polar surface area (TPSA) is 100 Å². The summed E-state index contributed by atoms with van der Waals surface area (Å²) in [5.74, 6) is 0.238. The largest absolute Gasteiger partial charge is 0.368 e. The van der Waals surface area contributed by atoms with Gasteiger partial charge in [-0.25, -0.2) is 0 Å². The van der Waals surface area contributed by atoms with E-state index in [0.717, 1.165) is 0 Å². The highest BCUT2D eigenvalue weighted by Crippen LogP contribution is 2.06. The first kappa shape index (κ1) is 7.55. The van der Waals surface area contributed by atoms with Gasteiger partial charge in [0.15, 0.2) is 5.82 Å². The molecule has 0 aromatic rings. The summed E-state index contributed by atoms with van der Waals surface area (Å²) in [5, 5.41) is 9.76. The van der Waals surface area contributed by atoms with Crippen LogP contribution in [0.1, 0.15) is 6.92 Å². The van der Waals surface area contributed by atoms with Gasteiger partial charge < -0.3 is 11.5 Å². The van der Waals surface area contributed by atoms with Crippen LogP contribution < -0.4 is 11.5 Å². The van der Waals surface area contributed by atoms with Crippen LogP contribution in [0.5, 0.6) is 0 Å². The minimum atomic E-state index is -0.0781. The predicted octanol–water partition coefficient (Wildman–Crippen LogP) is -0.818. The maximum absolute atomic E-state index is 9.10. The predicted molar refractivity (Wildman–Crippen MR) is 40.6 cm³/mol. The molecule has 60 valence electrons. The Morgan fingerprint density at radius 3 is 2.64 bits per heavy atom. The Morgan fingerprint density at radius 2 is 2.09 bits per heavy atom. The number of allylic oxidation sites excluding steroid dienone is 1. The summed E-state index contributed by atoms with van der Waals surface area (Å²) in [6.07, 6.45) is 1.56. The summed E-state index contributed by atoms with van der Waals surface area (Å²) in [7, 11) is 0. The molecule has 1 heterocycles. The van der Waals surface area contributed by atoms with Crippen molar-refractivity contribution in [3.63, 3.8) is 0 Å². The van der Waals surface area contributed by atoms with Gasteiger partial charge in [-0.3, -0.25) is 5.21 Å². The number of hydroxylamine groups is 2. The number of hydrogen-bond acceptors (Lipinski definition) is 6. The minimum absolute atomic E-state index is 0.0425. The molecule has 0 saturated carbocycles. The monoisotopic (exact) mass is 155 g/mol. The zero-order chi connectivity index (χ0) is 8.43. The summed E-state index contributed by atoms with van der Waals surface area (Å²) in [4.78, 5) is 7.22. The fourth-order valence-electron chi connectivity index (χ4n) is 0.659. The lowest BCUT2D eigenvalue weighted by Gasteiger charge is -2.18. The van der Waals surface area contributed by atoms with Gasteiger partial charge in [-0.05, 0) is 13.0 Å². The van der Waals surface area contributed by atoms with Crippen LogP contribution in [0.25, 0.3) is 0 Å². The highest BCUT2D eigenvalue weighted by molar-refractivity contribution is 5.96. The van der Waals surface area contributed by atoms with E-state index in [2.05, 4.69) is 9.98 Å². The number of rotatable bonds is 0. The maximum Gasteiger partial charge on any atom is 0.229 e. The fraction of sp³-hybridized carbons (Fsp3) is 0.200. The first-order valence-corrected chi connectivity index (χ1v) is 2.99. The molecule has 1 aliphatic heterocycles. The van der Waals surface area contributed by atoms with Crippen LogP contribution in [-0.4, -0.2) is 22.2 Å². The van der Waals surface area contributed by atoms with Crippen LogP contribution >= 0.6 is 0 Å². The van der Waals surface area contributed by atoms with Gasteiger partial charge in [0.1, 0.15) is 0 Å². The molecule has 0 spiro atoms. The van der Waals surface area contributed by atoms with Gasteiger partial charge in [-0.15, -0.1) is 0 Å². The molecule has 6 heteroatoms. The SMILES string of the molecule is C/C=C1\N=C(N)N=C(N)N1O. The molecular formula is C5H9N5O. The Kier molecular flexibility index (Phi) is 1.77. The highest BCUT2D eigenvalue weighted by atomic mass is 16.5. The third-order valence-corrected chi connectivity index (χ3v) is 1.15.